The molecule has 0 aromatic carbocycles. The Morgan fingerprint density at radius 3 is 2.76 bits per heavy atom. The lowest BCUT2D eigenvalue weighted by Gasteiger charge is -2.08. The number of nitrogen functional groups attached to an aromatic ring is 1. The molecule has 0 fully saturated rings. The summed E-state index contributed by atoms with van der Waals surface area (Å²) in [6, 6.07) is 1.81. The van der Waals surface area contributed by atoms with Gasteiger partial charge in [0.05, 0.1) is 5.69 Å². The molecule has 2 aromatic rings. The zero-order valence-corrected chi connectivity index (χ0v) is 9.74. The molecule has 2 heterocycles. The maximum absolute atomic E-state index is 13.3. The fourth-order valence-corrected chi connectivity index (χ4v) is 1.63. The van der Waals surface area contributed by atoms with E-state index in [1.165, 1.54) is 0 Å². The summed E-state index contributed by atoms with van der Waals surface area (Å²) >= 11 is 0. The minimum Gasteiger partial charge on any atom is -0.381 e. The van der Waals surface area contributed by atoms with E-state index in [1.54, 1.807) is 19.3 Å². The largest absolute Gasteiger partial charge is 0.381 e. The van der Waals surface area contributed by atoms with Gasteiger partial charge in [0.2, 0.25) is 0 Å². The maximum Gasteiger partial charge on any atom is 0.186 e. The van der Waals surface area contributed by atoms with Gasteiger partial charge in [-0.2, -0.15) is 0 Å². The van der Waals surface area contributed by atoms with Crippen molar-refractivity contribution in [1.29, 1.82) is 0 Å². The first-order valence-corrected chi connectivity index (χ1v) is 5.36. The summed E-state index contributed by atoms with van der Waals surface area (Å²) in [6.07, 6.45) is 4.23. The van der Waals surface area contributed by atoms with E-state index >= 15 is 0 Å². The zero-order chi connectivity index (χ0) is 12.4. The third kappa shape index (κ3) is 2.08. The highest BCUT2D eigenvalue weighted by atomic mass is 19.1. The monoisotopic (exact) mass is 232 g/mol. The van der Waals surface area contributed by atoms with Gasteiger partial charge in [0.1, 0.15) is 0 Å². The van der Waals surface area contributed by atoms with Crippen LogP contribution in [0.3, 0.4) is 0 Å². The molecule has 5 heteroatoms. The van der Waals surface area contributed by atoms with Crippen molar-refractivity contribution in [1.82, 2.24) is 15.0 Å². The van der Waals surface area contributed by atoms with Crippen molar-refractivity contribution >= 4 is 5.82 Å². The molecular weight excluding hydrogens is 219 g/mol. The molecule has 0 saturated heterocycles. The molecule has 0 amide bonds. The fraction of sp³-hybridized carbons (Fsp3) is 0.250. The number of hydrogen-bond donors (Lipinski definition) is 1. The summed E-state index contributed by atoms with van der Waals surface area (Å²) in [4.78, 5) is 12.1. The molecule has 0 spiro atoms. The average Bonchev–Trinajstić information content (AvgIpc) is 2.35. The summed E-state index contributed by atoms with van der Waals surface area (Å²) < 4.78 is 13.3. The van der Waals surface area contributed by atoms with Gasteiger partial charge in [-0.1, -0.05) is 6.92 Å². The first-order valence-electron chi connectivity index (χ1n) is 5.36. The summed E-state index contributed by atoms with van der Waals surface area (Å²) in [7, 11) is 0. The molecule has 0 atom stereocenters. The zero-order valence-electron chi connectivity index (χ0n) is 9.74. The number of aromatic nitrogens is 3. The Hall–Kier alpha value is -2.04. The van der Waals surface area contributed by atoms with E-state index in [-0.39, 0.29) is 11.5 Å². The molecule has 0 unspecified atom stereocenters. The molecule has 0 bridgehead atoms. The molecule has 88 valence electrons. The van der Waals surface area contributed by atoms with Crippen LogP contribution in [0.15, 0.2) is 18.5 Å². The van der Waals surface area contributed by atoms with E-state index in [0.29, 0.717) is 5.82 Å². The SMILES string of the molecule is CCc1cnccc1-c1nc(C)c(F)c(N)n1. The molecule has 2 rings (SSSR count). The lowest BCUT2D eigenvalue weighted by atomic mass is 10.1. The fourth-order valence-electron chi connectivity index (χ4n) is 1.63. The first-order chi connectivity index (χ1) is 8.13. The van der Waals surface area contributed by atoms with Gasteiger partial charge >= 0.3 is 0 Å². The van der Waals surface area contributed by atoms with E-state index < -0.39 is 5.82 Å². The summed E-state index contributed by atoms with van der Waals surface area (Å²) in [5.74, 6) is -0.229. The van der Waals surface area contributed by atoms with E-state index in [9.17, 15) is 4.39 Å². The molecule has 2 aromatic heterocycles. The number of nitrogens with two attached hydrogens (primary N) is 1. The third-order valence-corrected chi connectivity index (χ3v) is 2.57. The summed E-state index contributed by atoms with van der Waals surface area (Å²) in [5.41, 5.74) is 7.62. The minimum atomic E-state index is -0.555. The Kier molecular flexibility index (Phi) is 2.99. The van der Waals surface area contributed by atoms with Crippen molar-refractivity contribution in [2.75, 3.05) is 5.73 Å². The van der Waals surface area contributed by atoms with E-state index in [4.69, 9.17) is 5.73 Å². The Labute approximate surface area is 98.7 Å². The van der Waals surface area contributed by atoms with E-state index in [0.717, 1.165) is 17.5 Å². The second-order valence-corrected chi connectivity index (χ2v) is 3.72. The van der Waals surface area contributed by atoms with Crippen molar-refractivity contribution in [3.8, 4) is 11.4 Å². The molecule has 0 aliphatic carbocycles. The van der Waals surface area contributed by atoms with Crippen LogP contribution in [0.2, 0.25) is 0 Å². The lowest BCUT2D eigenvalue weighted by Crippen LogP contribution is -2.04. The van der Waals surface area contributed by atoms with E-state index in [2.05, 4.69) is 15.0 Å². The van der Waals surface area contributed by atoms with Gasteiger partial charge in [-0.25, -0.2) is 14.4 Å². The molecule has 0 aliphatic heterocycles. The average molecular weight is 232 g/mol. The highest BCUT2D eigenvalue weighted by Crippen LogP contribution is 2.22. The van der Waals surface area contributed by atoms with Crippen LogP contribution in [-0.2, 0) is 6.42 Å². The van der Waals surface area contributed by atoms with Crippen LogP contribution < -0.4 is 5.73 Å². The number of aryl methyl sites for hydroxylation is 2. The van der Waals surface area contributed by atoms with Crippen molar-refractivity contribution in [3.63, 3.8) is 0 Å². The van der Waals surface area contributed by atoms with Crippen LogP contribution in [0, 0.1) is 12.7 Å². The number of rotatable bonds is 2. The minimum absolute atomic E-state index is 0.119. The van der Waals surface area contributed by atoms with Crippen molar-refractivity contribution < 1.29 is 4.39 Å². The highest BCUT2D eigenvalue weighted by Gasteiger charge is 2.12. The van der Waals surface area contributed by atoms with Gasteiger partial charge in [-0.05, 0) is 25.0 Å². The van der Waals surface area contributed by atoms with Gasteiger partial charge in [-0.15, -0.1) is 0 Å². The maximum atomic E-state index is 13.3. The topological polar surface area (TPSA) is 64.7 Å². The van der Waals surface area contributed by atoms with E-state index in [1.807, 2.05) is 13.0 Å². The normalized spacial score (nSPS) is 10.5. The number of hydrogen-bond acceptors (Lipinski definition) is 4. The van der Waals surface area contributed by atoms with Crippen molar-refractivity contribution in [2.24, 2.45) is 0 Å². The quantitative estimate of drug-likeness (QED) is 0.861. The Bertz CT molecular complexity index is 531. The van der Waals surface area contributed by atoms with Gasteiger partial charge < -0.3 is 5.73 Å². The lowest BCUT2D eigenvalue weighted by molar-refractivity contribution is 0.608. The van der Waals surface area contributed by atoms with Gasteiger partial charge in [0.25, 0.3) is 0 Å². The third-order valence-electron chi connectivity index (χ3n) is 2.57. The van der Waals surface area contributed by atoms with Crippen molar-refractivity contribution in [3.05, 3.63) is 35.5 Å². The molecule has 2 N–H and O–H groups in total. The Balaban J connectivity index is 2.61. The van der Waals surface area contributed by atoms with Crippen LogP contribution in [-0.4, -0.2) is 15.0 Å². The molecular formula is C12H13FN4. The molecule has 0 aliphatic rings. The highest BCUT2D eigenvalue weighted by molar-refractivity contribution is 5.61. The van der Waals surface area contributed by atoms with Gasteiger partial charge in [0, 0.05) is 18.0 Å². The number of nitrogens with zero attached hydrogens (tertiary/aromatic N) is 3. The first kappa shape index (κ1) is 11.4. The Morgan fingerprint density at radius 1 is 1.35 bits per heavy atom. The Morgan fingerprint density at radius 2 is 2.12 bits per heavy atom. The summed E-state index contributed by atoms with van der Waals surface area (Å²) in [5, 5.41) is 0. The molecule has 17 heavy (non-hydrogen) atoms. The predicted molar refractivity (Wildman–Crippen MR) is 63.7 cm³/mol. The van der Waals surface area contributed by atoms with Crippen LogP contribution >= 0.6 is 0 Å². The van der Waals surface area contributed by atoms with Crippen LogP contribution in [0.4, 0.5) is 10.2 Å². The van der Waals surface area contributed by atoms with Gasteiger partial charge in [0.15, 0.2) is 17.5 Å². The predicted octanol–water partition coefficient (Wildman–Crippen LogP) is 2.13. The number of pyridine rings is 1. The summed E-state index contributed by atoms with van der Waals surface area (Å²) in [6.45, 7) is 3.59. The molecule has 0 radical (unpaired) electrons. The molecule has 4 nitrogen and oxygen atoms in total. The van der Waals surface area contributed by atoms with Crippen LogP contribution in [0.25, 0.3) is 11.4 Å². The van der Waals surface area contributed by atoms with Gasteiger partial charge in [-0.3, -0.25) is 4.98 Å². The number of halogens is 1. The molecule has 0 saturated carbocycles. The smallest absolute Gasteiger partial charge is 0.186 e. The second-order valence-electron chi connectivity index (χ2n) is 3.72. The van der Waals surface area contributed by atoms with Crippen LogP contribution in [0.5, 0.6) is 0 Å². The van der Waals surface area contributed by atoms with Crippen molar-refractivity contribution in [2.45, 2.75) is 20.3 Å². The van der Waals surface area contributed by atoms with Crippen LogP contribution in [0.1, 0.15) is 18.2 Å². The number of anilines is 1. The second kappa shape index (κ2) is 4.45. The standard InChI is InChI=1S/C12H13FN4/c1-3-8-6-15-5-4-9(8)12-16-7(2)10(13)11(14)17-12/h4-6H,3H2,1-2H3,(H2,14,16,17).